The Bertz CT molecular complexity index is 781. The van der Waals surface area contributed by atoms with Gasteiger partial charge < -0.3 is 5.73 Å². The maximum atomic E-state index is 5.86. The summed E-state index contributed by atoms with van der Waals surface area (Å²) in [5.74, 6) is 0.690. The first kappa shape index (κ1) is 13.8. The molecule has 0 radical (unpaired) electrons. The van der Waals surface area contributed by atoms with Gasteiger partial charge in [-0.05, 0) is 41.1 Å². The second-order valence-electron chi connectivity index (χ2n) is 4.89. The molecule has 0 saturated carbocycles. The van der Waals surface area contributed by atoms with Gasteiger partial charge in [-0.15, -0.1) is 5.10 Å². The lowest BCUT2D eigenvalue weighted by Gasteiger charge is -2.08. The molecule has 106 valence electrons. The number of rotatable bonds is 3. The van der Waals surface area contributed by atoms with E-state index in [9.17, 15) is 0 Å². The minimum atomic E-state index is 0.616. The summed E-state index contributed by atoms with van der Waals surface area (Å²) in [5.41, 5.74) is 9.79. The van der Waals surface area contributed by atoms with E-state index in [1.165, 1.54) is 5.56 Å². The Hall–Kier alpha value is -2.21. The van der Waals surface area contributed by atoms with E-state index in [2.05, 4.69) is 56.6 Å². The highest BCUT2D eigenvalue weighted by atomic mass is 79.9. The smallest absolute Gasteiger partial charge is 0.183 e. The lowest BCUT2D eigenvalue weighted by atomic mass is 10.1. The van der Waals surface area contributed by atoms with Crippen LogP contribution < -0.4 is 5.73 Å². The van der Waals surface area contributed by atoms with Crippen LogP contribution in [0.4, 0.5) is 5.69 Å². The summed E-state index contributed by atoms with van der Waals surface area (Å²) in [7, 11) is 0. The van der Waals surface area contributed by atoms with Gasteiger partial charge in [0, 0.05) is 15.7 Å². The molecule has 0 aliphatic rings. The van der Waals surface area contributed by atoms with Crippen LogP contribution in [0.5, 0.6) is 0 Å². The van der Waals surface area contributed by atoms with Gasteiger partial charge in [0.05, 0.1) is 6.54 Å². The fourth-order valence-electron chi connectivity index (χ4n) is 2.20. The highest BCUT2D eigenvalue weighted by molar-refractivity contribution is 9.10. The molecule has 5 nitrogen and oxygen atoms in total. The fourth-order valence-corrected chi connectivity index (χ4v) is 2.63. The van der Waals surface area contributed by atoms with Crippen LogP contribution in [0, 0.1) is 6.92 Å². The van der Waals surface area contributed by atoms with Crippen molar-refractivity contribution in [1.29, 1.82) is 0 Å². The zero-order valence-corrected chi connectivity index (χ0v) is 13.1. The lowest BCUT2D eigenvalue weighted by molar-refractivity contribution is 0.653. The van der Waals surface area contributed by atoms with Crippen LogP contribution in [0.3, 0.4) is 0 Å². The van der Waals surface area contributed by atoms with E-state index in [4.69, 9.17) is 5.73 Å². The first-order valence-corrected chi connectivity index (χ1v) is 7.30. The van der Waals surface area contributed by atoms with Gasteiger partial charge in [0.15, 0.2) is 5.82 Å². The number of anilines is 1. The van der Waals surface area contributed by atoms with Gasteiger partial charge in [0.25, 0.3) is 0 Å². The lowest BCUT2D eigenvalue weighted by Crippen LogP contribution is -2.05. The summed E-state index contributed by atoms with van der Waals surface area (Å²) in [6.07, 6.45) is 0. The molecule has 0 aliphatic heterocycles. The normalized spacial score (nSPS) is 10.8. The van der Waals surface area contributed by atoms with Gasteiger partial charge in [-0.3, -0.25) is 0 Å². The summed E-state index contributed by atoms with van der Waals surface area (Å²) in [6, 6.07) is 13.9. The minimum Gasteiger partial charge on any atom is -0.399 e. The van der Waals surface area contributed by atoms with Crippen LogP contribution in [0.1, 0.15) is 11.1 Å². The Morgan fingerprint density at radius 3 is 2.86 bits per heavy atom. The average molecular weight is 344 g/mol. The molecule has 0 amide bonds. The molecule has 21 heavy (non-hydrogen) atoms. The van der Waals surface area contributed by atoms with Crippen molar-refractivity contribution in [2.45, 2.75) is 13.5 Å². The van der Waals surface area contributed by atoms with Crippen LogP contribution in [0.15, 0.2) is 46.9 Å². The van der Waals surface area contributed by atoms with Crippen molar-refractivity contribution in [3.05, 3.63) is 58.1 Å². The van der Waals surface area contributed by atoms with E-state index >= 15 is 0 Å². The molecule has 0 bridgehead atoms. The minimum absolute atomic E-state index is 0.616. The third-order valence-electron chi connectivity index (χ3n) is 3.18. The van der Waals surface area contributed by atoms with Crippen molar-refractivity contribution in [3.63, 3.8) is 0 Å². The molecule has 1 aromatic heterocycles. The number of nitrogens with two attached hydrogens (primary N) is 1. The maximum absolute atomic E-state index is 5.86. The predicted molar refractivity (Wildman–Crippen MR) is 85.6 cm³/mol. The number of hydrogen-bond acceptors (Lipinski definition) is 4. The fraction of sp³-hybridized carbons (Fsp3) is 0.133. The van der Waals surface area contributed by atoms with Crippen molar-refractivity contribution in [1.82, 2.24) is 20.2 Å². The first-order valence-electron chi connectivity index (χ1n) is 6.50. The molecule has 3 aromatic rings. The molecule has 0 atom stereocenters. The summed E-state index contributed by atoms with van der Waals surface area (Å²) in [6.45, 7) is 2.68. The summed E-state index contributed by atoms with van der Waals surface area (Å²) >= 11 is 3.52. The van der Waals surface area contributed by atoms with Crippen LogP contribution in [0.25, 0.3) is 11.4 Å². The third kappa shape index (κ3) is 2.95. The summed E-state index contributed by atoms with van der Waals surface area (Å²) < 4.78 is 2.69. The largest absolute Gasteiger partial charge is 0.399 e. The zero-order chi connectivity index (χ0) is 14.8. The number of nitrogens with zero attached hydrogens (tertiary/aromatic N) is 4. The number of halogens is 1. The third-order valence-corrected chi connectivity index (χ3v) is 3.87. The molecule has 0 spiro atoms. The van der Waals surface area contributed by atoms with Crippen molar-refractivity contribution in [2.75, 3.05) is 5.73 Å². The highest BCUT2D eigenvalue weighted by Crippen LogP contribution is 2.28. The second kappa shape index (κ2) is 5.65. The molecule has 1 heterocycles. The van der Waals surface area contributed by atoms with Crippen molar-refractivity contribution in [2.24, 2.45) is 0 Å². The summed E-state index contributed by atoms with van der Waals surface area (Å²) in [4.78, 5) is 0. The van der Waals surface area contributed by atoms with E-state index in [0.29, 0.717) is 18.1 Å². The van der Waals surface area contributed by atoms with Crippen molar-refractivity contribution < 1.29 is 0 Å². The molecule has 6 heteroatoms. The number of aryl methyl sites for hydroxylation is 1. The molecular formula is C15H14BrN5. The van der Waals surface area contributed by atoms with Crippen LogP contribution >= 0.6 is 15.9 Å². The van der Waals surface area contributed by atoms with Gasteiger partial charge in [-0.25, -0.2) is 4.68 Å². The Balaban J connectivity index is 1.99. The molecule has 0 unspecified atom stereocenters. The van der Waals surface area contributed by atoms with E-state index in [0.717, 1.165) is 15.6 Å². The Morgan fingerprint density at radius 2 is 2.05 bits per heavy atom. The molecule has 3 rings (SSSR count). The molecule has 2 aromatic carbocycles. The standard InChI is InChI=1S/C15H14BrN5/c1-10-3-2-4-11(7-10)9-21-15(18-19-20-21)13-8-12(17)5-6-14(13)16/h2-8H,9,17H2,1H3. The monoisotopic (exact) mass is 343 g/mol. The molecule has 2 N–H and O–H groups in total. The molecular weight excluding hydrogens is 330 g/mol. The van der Waals surface area contributed by atoms with Crippen LogP contribution in [-0.4, -0.2) is 20.2 Å². The topological polar surface area (TPSA) is 69.6 Å². The average Bonchev–Trinajstić information content (AvgIpc) is 2.89. The van der Waals surface area contributed by atoms with Gasteiger partial charge in [0.1, 0.15) is 0 Å². The van der Waals surface area contributed by atoms with E-state index in [-0.39, 0.29) is 0 Å². The first-order chi connectivity index (χ1) is 10.1. The molecule has 0 fully saturated rings. The van der Waals surface area contributed by atoms with E-state index in [1.54, 1.807) is 4.68 Å². The zero-order valence-electron chi connectivity index (χ0n) is 11.5. The van der Waals surface area contributed by atoms with Crippen LogP contribution in [0.2, 0.25) is 0 Å². The van der Waals surface area contributed by atoms with Crippen molar-refractivity contribution in [3.8, 4) is 11.4 Å². The number of aromatic nitrogens is 4. The van der Waals surface area contributed by atoms with Gasteiger partial charge in [-0.1, -0.05) is 45.8 Å². The number of hydrogen-bond donors (Lipinski definition) is 1. The van der Waals surface area contributed by atoms with E-state index in [1.807, 2.05) is 24.3 Å². The number of benzene rings is 2. The maximum Gasteiger partial charge on any atom is 0.183 e. The number of nitrogen functional groups attached to an aromatic ring is 1. The highest BCUT2D eigenvalue weighted by Gasteiger charge is 2.13. The Kier molecular flexibility index (Phi) is 3.70. The van der Waals surface area contributed by atoms with Crippen LogP contribution in [-0.2, 0) is 6.54 Å². The number of tetrazole rings is 1. The Morgan fingerprint density at radius 1 is 1.19 bits per heavy atom. The summed E-state index contributed by atoms with van der Waals surface area (Å²) in [5, 5.41) is 12.0. The van der Waals surface area contributed by atoms with E-state index < -0.39 is 0 Å². The van der Waals surface area contributed by atoms with Gasteiger partial charge in [-0.2, -0.15) is 0 Å². The predicted octanol–water partition coefficient (Wildman–Crippen LogP) is 3.04. The molecule has 0 aliphatic carbocycles. The van der Waals surface area contributed by atoms with Crippen molar-refractivity contribution >= 4 is 21.6 Å². The van der Waals surface area contributed by atoms with Gasteiger partial charge in [0.2, 0.25) is 0 Å². The quantitative estimate of drug-likeness (QED) is 0.742. The van der Waals surface area contributed by atoms with Gasteiger partial charge >= 0.3 is 0 Å². The second-order valence-corrected chi connectivity index (χ2v) is 5.74. The Labute approximate surface area is 130 Å². The molecule has 0 saturated heterocycles. The SMILES string of the molecule is Cc1cccc(Cn2nnnc2-c2cc(N)ccc2Br)c1.